The molecule has 8 heteroatoms. The van der Waals surface area contributed by atoms with Gasteiger partial charge in [-0.1, -0.05) is 6.07 Å². The minimum absolute atomic E-state index is 0.0119. The third-order valence-electron chi connectivity index (χ3n) is 5.41. The van der Waals surface area contributed by atoms with Gasteiger partial charge in [0.2, 0.25) is 0 Å². The topological polar surface area (TPSA) is 71.4 Å². The predicted octanol–water partition coefficient (Wildman–Crippen LogP) is 6.94. The normalized spacial score (nSPS) is 16.4. The van der Waals surface area contributed by atoms with Gasteiger partial charge in [-0.05, 0) is 65.6 Å². The lowest BCUT2D eigenvalue weighted by Crippen LogP contribution is -1.88. The average Bonchev–Trinajstić information content (AvgIpc) is 3.47. The van der Waals surface area contributed by atoms with E-state index in [4.69, 9.17) is 0 Å². The van der Waals surface area contributed by atoms with Gasteiger partial charge in [0.25, 0.3) is 0 Å². The molecule has 1 aliphatic rings. The molecule has 0 saturated heterocycles. The van der Waals surface area contributed by atoms with Crippen molar-refractivity contribution < 1.29 is 22.0 Å². The Morgan fingerprint density at radius 3 is 1.03 bits per heavy atom. The van der Waals surface area contributed by atoms with E-state index in [-0.39, 0.29) is 50.1 Å². The zero-order valence-corrected chi connectivity index (χ0v) is 18.4. The first kappa shape index (κ1) is 24.1. The minimum atomic E-state index is -0.968. The standard InChI is InChI=1S/C28H12F5N3/c1-14-2-15(4-18(29)3-14)23(11-34)26-27(24(12-35)16-5-19(30)9-20(31)6-16)28(26)25(13-36)17-7-21(32)10-22(33)8-17/h2-10H,1H3/b26-23-,27-24?,28-25-. The van der Waals surface area contributed by atoms with Crippen molar-refractivity contribution in [2.75, 3.05) is 0 Å². The van der Waals surface area contributed by atoms with Gasteiger partial charge in [-0.15, -0.1) is 0 Å². The maximum Gasteiger partial charge on any atom is 0.126 e. The average molecular weight is 485 g/mol. The van der Waals surface area contributed by atoms with E-state index in [0.717, 1.165) is 30.3 Å². The number of benzene rings is 3. The van der Waals surface area contributed by atoms with Gasteiger partial charge in [-0.25, -0.2) is 22.0 Å². The van der Waals surface area contributed by atoms with E-state index in [1.54, 1.807) is 6.92 Å². The summed E-state index contributed by atoms with van der Waals surface area (Å²) in [6.45, 7) is 1.60. The number of aryl methyl sites for hydroxylation is 1. The molecule has 0 aliphatic heterocycles. The van der Waals surface area contributed by atoms with Gasteiger partial charge in [0, 0.05) is 28.9 Å². The van der Waals surface area contributed by atoms with Crippen molar-refractivity contribution in [1.29, 1.82) is 15.8 Å². The van der Waals surface area contributed by atoms with Crippen LogP contribution in [0.15, 0.2) is 71.3 Å². The molecule has 0 heterocycles. The summed E-state index contributed by atoms with van der Waals surface area (Å²) in [6, 6.07) is 14.2. The Balaban J connectivity index is 2.14. The number of hydrogen-bond acceptors (Lipinski definition) is 3. The number of nitrogens with zero attached hydrogens (tertiary/aromatic N) is 3. The van der Waals surface area contributed by atoms with Crippen molar-refractivity contribution in [3.8, 4) is 18.2 Å². The third kappa shape index (κ3) is 4.51. The Hall–Kier alpha value is -5.00. The minimum Gasteiger partial charge on any atom is -0.207 e. The highest BCUT2D eigenvalue weighted by Crippen LogP contribution is 2.56. The summed E-state index contributed by atoms with van der Waals surface area (Å²) in [6.07, 6.45) is 0. The summed E-state index contributed by atoms with van der Waals surface area (Å²) in [5.41, 5.74) is -0.404. The largest absolute Gasteiger partial charge is 0.207 e. The summed E-state index contributed by atoms with van der Waals surface area (Å²) in [5.74, 6) is -4.52. The summed E-state index contributed by atoms with van der Waals surface area (Å²) < 4.78 is 69.9. The second kappa shape index (κ2) is 9.33. The molecule has 1 aliphatic carbocycles. The Bertz CT molecular complexity index is 1400. The molecule has 0 atom stereocenters. The van der Waals surface area contributed by atoms with Crippen molar-refractivity contribution >= 4 is 16.7 Å². The Kier molecular flexibility index (Phi) is 6.26. The van der Waals surface area contributed by atoms with Crippen molar-refractivity contribution in [1.82, 2.24) is 0 Å². The highest BCUT2D eigenvalue weighted by molar-refractivity contribution is 6.12. The number of allylic oxidation sites excluding steroid dienone is 6. The molecule has 0 N–H and O–H groups in total. The van der Waals surface area contributed by atoms with Crippen molar-refractivity contribution in [2.45, 2.75) is 6.92 Å². The molecule has 1 saturated carbocycles. The predicted molar refractivity (Wildman–Crippen MR) is 121 cm³/mol. The van der Waals surface area contributed by atoms with Crippen LogP contribution in [-0.2, 0) is 0 Å². The van der Waals surface area contributed by atoms with Gasteiger partial charge in [-0.2, -0.15) is 15.8 Å². The van der Waals surface area contributed by atoms with Crippen molar-refractivity contribution in [3.63, 3.8) is 0 Å². The molecule has 4 rings (SSSR count). The molecule has 0 bridgehead atoms. The SMILES string of the molecule is Cc1cc(F)cc(/C(C#N)=C2/C(=C(C#N)c3cc(F)cc(F)c3)/C2=C(/C#N)c2cc(F)cc(F)c2)c1. The van der Waals surface area contributed by atoms with Gasteiger partial charge in [-0.3, -0.25) is 0 Å². The van der Waals surface area contributed by atoms with E-state index in [1.807, 2.05) is 18.2 Å². The molecule has 0 radical (unpaired) electrons. The maximum absolute atomic E-state index is 14.1. The molecule has 0 unspecified atom stereocenters. The van der Waals surface area contributed by atoms with Crippen LogP contribution in [0.5, 0.6) is 0 Å². The monoisotopic (exact) mass is 485 g/mol. The van der Waals surface area contributed by atoms with Gasteiger partial charge in [0.1, 0.15) is 47.3 Å². The lowest BCUT2D eigenvalue weighted by molar-refractivity contribution is 0.582. The Labute approximate surface area is 202 Å². The van der Waals surface area contributed by atoms with Crippen LogP contribution in [0.3, 0.4) is 0 Å². The summed E-state index contributed by atoms with van der Waals surface area (Å²) in [7, 11) is 0. The number of halogens is 5. The fraction of sp³-hybridized carbons (Fsp3) is 0.0357. The molecular formula is C28H12F5N3. The van der Waals surface area contributed by atoms with Gasteiger partial charge < -0.3 is 0 Å². The molecular weight excluding hydrogens is 473 g/mol. The van der Waals surface area contributed by atoms with Crippen molar-refractivity contribution in [3.05, 3.63) is 123 Å². The molecule has 0 amide bonds. The van der Waals surface area contributed by atoms with E-state index in [1.165, 1.54) is 12.1 Å². The van der Waals surface area contributed by atoms with Gasteiger partial charge >= 0.3 is 0 Å². The highest BCUT2D eigenvalue weighted by atomic mass is 19.1. The van der Waals surface area contributed by atoms with Crippen LogP contribution in [0.25, 0.3) is 16.7 Å². The summed E-state index contributed by atoms with van der Waals surface area (Å²) in [4.78, 5) is 0. The van der Waals surface area contributed by atoms with E-state index in [2.05, 4.69) is 0 Å². The summed E-state index contributed by atoms with van der Waals surface area (Å²) in [5, 5.41) is 29.7. The molecule has 3 aromatic carbocycles. The van der Waals surface area contributed by atoms with E-state index in [9.17, 15) is 37.7 Å². The van der Waals surface area contributed by atoms with Crippen LogP contribution in [0.1, 0.15) is 22.3 Å². The van der Waals surface area contributed by atoms with Gasteiger partial charge in [0.15, 0.2) is 0 Å². The first-order valence-electron chi connectivity index (χ1n) is 10.3. The molecule has 0 spiro atoms. The first-order valence-corrected chi connectivity index (χ1v) is 10.3. The molecule has 3 nitrogen and oxygen atoms in total. The lowest BCUT2D eigenvalue weighted by atomic mass is 10.0. The fourth-order valence-electron chi connectivity index (χ4n) is 4.01. The molecule has 1 fully saturated rings. The van der Waals surface area contributed by atoms with E-state index in [0.29, 0.717) is 17.7 Å². The van der Waals surface area contributed by atoms with Crippen LogP contribution in [0.4, 0.5) is 22.0 Å². The molecule has 36 heavy (non-hydrogen) atoms. The molecule has 174 valence electrons. The second-order valence-corrected chi connectivity index (χ2v) is 7.92. The maximum atomic E-state index is 14.1. The van der Waals surface area contributed by atoms with Crippen LogP contribution in [0.2, 0.25) is 0 Å². The van der Waals surface area contributed by atoms with Crippen molar-refractivity contribution in [2.24, 2.45) is 0 Å². The van der Waals surface area contributed by atoms with E-state index >= 15 is 0 Å². The molecule has 3 aromatic rings. The van der Waals surface area contributed by atoms with Gasteiger partial charge in [0.05, 0.1) is 16.7 Å². The van der Waals surface area contributed by atoms with E-state index < -0.39 is 29.1 Å². The Morgan fingerprint density at radius 1 is 0.472 bits per heavy atom. The smallest absolute Gasteiger partial charge is 0.126 e. The van der Waals surface area contributed by atoms with Crippen LogP contribution in [-0.4, -0.2) is 0 Å². The summed E-state index contributed by atoms with van der Waals surface area (Å²) >= 11 is 0. The fourth-order valence-corrected chi connectivity index (χ4v) is 4.01. The quantitative estimate of drug-likeness (QED) is 0.298. The zero-order chi connectivity index (χ0) is 26.1. The highest BCUT2D eigenvalue weighted by Gasteiger charge is 2.41. The Morgan fingerprint density at radius 2 is 0.750 bits per heavy atom. The third-order valence-corrected chi connectivity index (χ3v) is 5.41. The number of rotatable bonds is 3. The zero-order valence-electron chi connectivity index (χ0n) is 18.4. The number of nitriles is 3. The van der Waals surface area contributed by atoms with Crippen LogP contribution in [0, 0.1) is 70.0 Å². The second-order valence-electron chi connectivity index (χ2n) is 7.92. The molecule has 0 aromatic heterocycles. The first-order chi connectivity index (χ1) is 17.2. The van der Waals surface area contributed by atoms with Crippen LogP contribution < -0.4 is 0 Å². The van der Waals surface area contributed by atoms with Crippen LogP contribution >= 0.6 is 0 Å². The number of hydrogen-bond donors (Lipinski definition) is 0. The lowest BCUT2D eigenvalue weighted by Gasteiger charge is -2.02.